The standard InChI is InChI=1S/C19H27NO4.C19H30O4.C13H19NO4/c1-20-10-7-13-5-6-16-18(22-13)11-14(21-16)17-15(12-18)23-19(24-17)8-3-2-4-9-19;1-2-6-13-7-8-16-18(21-13)11-14(20-16)17-15(12-18)22-19(23-17)9-4-3-5-10-19;1-14-5-4-8-2-3-11-13(18-8)6-9(15)12(16)10(7-13)17-11/h13-17H,2-12H2;13-17H,2-12H2,1H3;8-12,15-16H,2-7H2/t13-,14-,15-,16+,17?,18?;13-,14+,15+,16-,17?,18?;8-,9-,10-,11+,12?,13?/m101/s1. The van der Waals surface area contributed by atoms with Gasteiger partial charge in [0.2, 0.25) is 13.1 Å². The Labute approximate surface area is 386 Å². The van der Waals surface area contributed by atoms with Gasteiger partial charge in [-0.15, -0.1) is 0 Å². The summed E-state index contributed by atoms with van der Waals surface area (Å²) in [6.45, 7) is 17.2. The summed E-state index contributed by atoms with van der Waals surface area (Å²) in [6, 6.07) is 0. The lowest BCUT2D eigenvalue weighted by molar-refractivity contribution is -0.216. The van der Waals surface area contributed by atoms with E-state index in [0.717, 1.165) is 103 Å². The first-order valence-corrected chi connectivity index (χ1v) is 26.3. The van der Waals surface area contributed by atoms with E-state index >= 15 is 0 Å². The molecular weight excluding hydrogens is 833 g/mol. The van der Waals surface area contributed by atoms with Gasteiger partial charge in [0.1, 0.15) is 18.3 Å². The molecule has 5 aliphatic carbocycles. The molecule has 6 bridgehead atoms. The summed E-state index contributed by atoms with van der Waals surface area (Å²) in [7, 11) is 0. The first kappa shape index (κ1) is 45.9. The fraction of sp³-hybridized carbons (Fsp3) is 0.961. The van der Waals surface area contributed by atoms with E-state index in [-0.39, 0.29) is 96.0 Å². The van der Waals surface area contributed by atoms with Crippen LogP contribution in [0.5, 0.6) is 0 Å². The topological polar surface area (TPSA) is 141 Å². The molecule has 13 rings (SSSR count). The van der Waals surface area contributed by atoms with Crippen LogP contribution in [0.3, 0.4) is 0 Å². The van der Waals surface area contributed by atoms with Gasteiger partial charge in [-0.25, -0.2) is 13.1 Å². The van der Waals surface area contributed by atoms with Crippen molar-refractivity contribution in [2.45, 2.75) is 294 Å². The number of aliphatic hydroxyl groups is 2. The van der Waals surface area contributed by atoms with Crippen molar-refractivity contribution in [3.63, 3.8) is 0 Å². The largest absolute Gasteiger partial charge is 0.390 e. The van der Waals surface area contributed by atoms with Crippen molar-refractivity contribution >= 4 is 0 Å². The molecule has 0 aromatic heterocycles. The molecule has 13 fully saturated rings. The first-order chi connectivity index (χ1) is 31.6. The molecule has 65 heavy (non-hydrogen) atoms. The Morgan fingerprint density at radius 1 is 0.462 bits per heavy atom. The molecule has 14 nitrogen and oxygen atoms in total. The molecule has 0 radical (unpaired) electrons. The quantitative estimate of drug-likeness (QED) is 0.256. The van der Waals surface area contributed by atoms with Gasteiger partial charge in [-0.2, -0.15) is 0 Å². The monoisotopic (exact) mass is 909 g/mol. The normalized spacial score (nSPS) is 50.0. The first-order valence-electron chi connectivity index (χ1n) is 26.3. The van der Waals surface area contributed by atoms with Crippen molar-refractivity contribution in [1.82, 2.24) is 0 Å². The van der Waals surface area contributed by atoms with E-state index < -0.39 is 17.8 Å². The summed E-state index contributed by atoms with van der Waals surface area (Å²) in [6.07, 6.45) is 26.9. The zero-order chi connectivity index (χ0) is 44.4. The molecule has 13 aliphatic rings. The van der Waals surface area contributed by atoms with Gasteiger partial charge >= 0.3 is 0 Å². The number of hydrogen-bond donors (Lipinski definition) is 2. The van der Waals surface area contributed by atoms with Crippen LogP contribution < -0.4 is 0 Å². The molecule has 8 aliphatic heterocycles. The second-order valence-corrected chi connectivity index (χ2v) is 22.5. The number of fused-ring (bicyclic) bond motifs is 7. The summed E-state index contributed by atoms with van der Waals surface area (Å²) in [4.78, 5) is 6.87. The van der Waals surface area contributed by atoms with Crippen LogP contribution >= 0.6 is 0 Å². The predicted molar refractivity (Wildman–Crippen MR) is 234 cm³/mol. The van der Waals surface area contributed by atoms with Gasteiger partial charge in [0, 0.05) is 77.0 Å². The second kappa shape index (κ2) is 18.4. The smallest absolute Gasteiger partial charge is 0.217 e. The number of ether oxygens (including phenoxy) is 10. The van der Waals surface area contributed by atoms with Crippen LogP contribution in [0.4, 0.5) is 0 Å². The zero-order valence-electron chi connectivity index (χ0n) is 38.8. The van der Waals surface area contributed by atoms with Crippen LogP contribution in [0, 0.1) is 13.1 Å². The van der Waals surface area contributed by atoms with Gasteiger partial charge in [-0.05, 0) is 70.6 Å². The number of aliphatic hydroxyl groups excluding tert-OH is 2. The highest BCUT2D eigenvalue weighted by Gasteiger charge is 2.67. The molecular formula is C51H76N2O12. The number of nitrogens with zero attached hydrogens (tertiary/aromatic N) is 2. The maximum Gasteiger partial charge on any atom is 0.217 e. The lowest BCUT2D eigenvalue weighted by atomic mass is 9.76. The highest BCUT2D eigenvalue weighted by Crippen LogP contribution is 2.57. The van der Waals surface area contributed by atoms with E-state index in [1.54, 1.807) is 0 Å². The average Bonchev–Trinajstić information content (AvgIpc) is 4.09. The van der Waals surface area contributed by atoms with Crippen molar-refractivity contribution in [3.05, 3.63) is 22.8 Å². The highest BCUT2D eigenvalue weighted by atomic mass is 16.8. The van der Waals surface area contributed by atoms with Crippen LogP contribution in [-0.4, -0.2) is 143 Å². The molecule has 18 atom stereocenters. The molecule has 8 heterocycles. The summed E-state index contributed by atoms with van der Waals surface area (Å²) in [5, 5.41) is 19.7. The average molecular weight is 909 g/mol. The summed E-state index contributed by atoms with van der Waals surface area (Å²) < 4.78 is 64.0. The minimum absolute atomic E-state index is 0.00140. The van der Waals surface area contributed by atoms with Crippen LogP contribution in [0.2, 0.25) is 0 Å². The van der Waals surface area contributed by atoms with Crippen LogP contribution in [0.15, 0.2) is 0 Å². The summed E-state index contributed by atoms with van der Waals surface area (Å²) in [5.74, 6) is -0.642. The fourth-order valence-electron chi connectivity index (χ4n) is 15.2. The van der Waals surface area contributed by atoms with Crippen molar-refractivity contribution < 1.29 is 57.6 Å². The van der Waals surface area contributed by atoms with Crippen LogP contribution in [-0.2, 0) is 47.4 Å². The van der Waals surface area contributed by atoms with Gasteiger partial charge in [0.05, 0.1) is 90.1 Å². The van der Waals surface area contributed by atoms with E-state index in [0.29, 0.717) is 32.0 Å². The maximum atomic E-state index is 9.90. The highest BCUT2D eigenvalue weighted by molar-refractivity contribution is 5.14. The van der Waals surface area contributed by atoms with Gasteiger partial charge in [-0.1, -0.05) is 26.2 Å². The molecule has 0 aromatic rings. The van der Waals surface area contributed by atoms with E-state index in [4.69, 9.17) is 60.5 Å². The minimum Gasteiger partial charge on any atom is -0.390 e. The summed E-state index contributed by atoms with van der Waals surface area (Å²) in [5.41, 5.74) is -0.706. The van der Waals surface area contributed by atoms with Gasteiger partial charge in [-0.3, -0.25) is 0 Å². The van der Waals surface area contributed by atoms with Gasteiger partial charge < -0.3 is 67.3 Å². The molecule has 362 valence electrons. The second-order valence-electron chi connectivity index (χ2n) is 22.5. The summed E-state index contributed by atoms with van der Waals surface area (Å²) >= 11 is 0. The Kier molecular flexibility index (Phi) is 13.0. The molecule has 8 saturated heterocycles. The van der Waals surface area contributed by atoms with Gasteiger partial charge in [0.25, 0.3) is 0 Å². The Morgan fingerprint density at radius 3 is 1.31 bits per heavy atom. The third-order valence-electron chi connectivity index (χ3n) is 18.2. The van der Waals surface area contributed by atoms with Gasteiger partial charge in [0.15, 0.2) is 11.6 Å². The Bertz CT molecular complexity index is 1760. The van der Waals surface area contributed by atoms with Crippen LogP contribution in [0.1, 0.15) is 174 Å². The molecule has 0 amide bonds. The fourth-order valence-corrected chi connectivity index (χ4v) is 15.2. The Morgan fingerprint density at radius 2 is 0.862 bits per heavy atom. The maximum absolute atomic E-state index is 9.90. The Hall–Kier alpha value is -1.50. The Balaban J connectivity index is 0.000000109. The van der Waals surface area contributed by atoms with E-state index in [2.05, 4.69) is 16.6 Å². The molecule has 2 N–H and O–H groups in total. The lowest BCUT2D eigenvalue weighted by Gasteiger charge is -2.44. The van der Waals surface area contributed by atoms with E-state index in [9.17, 15) is 10.2 Å². The third kappa shape index (κ3) is 8.56. The molecule has 6 unspecified atom stereocenters. The van der Waals surface area contributed by atoms with Crippen LogP contribution in [0.25, 0.3) is 9.69 Å². The van der Waals surface area contributed by atoms with Crippen molar-refractivity contribution in [2.24, 2.45) is 0 Å². The molecule has 5 spiro atoms. The minimum atomic E-state index is -0.786. The number of hydrogen-bond acceptors (Lipinski definition) is 12. The SMILES string of the molecule is CCC[C@H]1CC[C@@H]2O[C@@H]3CC2(C[C@H]2OC4(CCCCC4)OC32)O1.[C-]#[N+]CC[C@H]1CC[C@@H]2O[C@@H]3CC2(C[C@@H](O)C3O)O1.[C-]#[N+]CC[C@H]1CC[C@@H]2O[C@@H]3CC2(C[C@H]2OC4(CCCCC4)OC32)O1. The lowest BCUT2D eigenvalue weighted by Crippen LogP contribution is -2.54. The van der Waals surface area contributed by atoms with E-state index in [1.165, 1.54) is 51.4 Å². The van der Waals surface area contributed by atoms with Crippen molar-refractivity contribution in [2.75, 3.05) is 13.1 Å². The van der Waals surface area contributed by atoms with Crippen molar-refractivity contribution in [3.8, 4) is 0 Å². The molecule has 0 aromatic carbocycles. The number of rotatable bonds is 6. The predicted octanol–water partition coefficient (Wildman–Crippen LogP) is 7.43. The third-order valence-corrected chi connectivity index (χ3v) is 18.2. The molecule has 5 saturated carbocycles. The van der Waals surface area contributed by atoms with E-state index in [1.807, 2.05) is 0 Å². The van der Waals surface area contributed by atoms with Crippen molar-refractivity contribution in [1.29, 1.82) is 0 Å². The molecule has 14 heteroatoms. The zero-order valence-corrected chi connectivity index (χ0v) is 38.8.